The van der Waals surface area contributed by atoms with Crippen LogP contribution in [0.15, 0.2) is 66.6 Å². The van der Waals surface area contributed by atoms with Gasteiger partial charge in [0.2, 0.25) is 0 Å². The summed E-state index contributed by atoms with van der Waals surface area (Å²) in [5.41, 5.74) is 4.40. The summed E-state index contributed by atoms with van der Waals surface area (Å²) in [5, 5.41) is 6.63. The molecule has 2 heterocycles. The lowest BCUT2D eigenvalue weighted by molar-refractivity contribution is 0.281. The third-order valence-corrected chi connectivity index (χ3v) is 5.90. The molecule has 1 N–H and O–H groups in total. The maximum atomic E-state index is 5.91. The van der Waals surface area contributed by atoms with Gasteiger partial charge in [-0.3, -0.25) is 0 Å². The van der Waals surface area contributed by atoms with Crippen molar-refractivity contribution in [3.05, 3.63) is 88.4 Å². The van der Waals surface area contributed by atoms with Crippen LogP contribution in [0.4, 0.5) is 0 Å². The first-order valence-corrected chi connectivity index (χ1v) is 11.0. The van der Waals surface area contributed by atoms with E-state index in [1.807, 2.05) is 35.2 Å². The number of thiazole rings is 1. The van der Waals surface area contributed by atoms with Crippen LogP contribution in [0.5, 0.6) is 11.5 Å². The van der Waals surface area contributed by atoms with E-state index >= 15 is 0 Å². The van der Waals surface area contributed by atoms with E-state index in [4.69, 9.17) is 9.47 Å². The molecule has 0 spiro atoms. The zero-order valence-corrected chi connectivity index (χ0v) is 18.7. The number of nitrogens with one attached hydrogen (secondary N) is 1. The Labute approximate surface area is 186 Å². The molecule has 31 heavy (non-hydrogen) atoms. The van der Waals surface area contributed by atoms with Crippen molar-refractivity contribution in [1.29, 1.82) is 0 Å². The average Bonchev–Trinajstić information content (AvgIpc) is 3.48. The van der Waals surface area contributed by atoms with Gasteiger partial charge >= 0.3 is 0 Å². The van der Waals surface area contributed by atoms with Crippen LogP contribution in [-0.2, 0) is 13.2 Å². The lowest BCUT2D eigenvalue weighted by Crippen LogP contribution is -2.18. The van der Waals surface area contributed by atoms with Crippen LogP contribution in [0.3, 0.4) is 0 Å². The number of hydrogen-bond donors (Lipinski definition) is 1. The molecule has 0 saturated carbocycles. The van der Waals surface area contributed by atoms with Crippen LogP contribution in [-0.4, -0.2) is 21.6 Å². The van der Waals surface area contributed by atoms with Crippen molar-refractivity contribution < 1.29 is 9.47 Å². The van der Waals surface area contributed by atoms with E-state index in [0.29, 0.717) is 6.61 Å². The molecular formula is C24H26N4O2S. The quantitative estimate of drug-likeness (QED) is 0.398. The fourth-order valence-corrected chi connectivity index (χ4v) is 3.90. The van der Waals surface area contributed by atoms with Crippen molar-refractivity contribution >= 4 is 11.3 Å². The van der Waals surface area contributed by atoms with Crippen LogP contribution in [0.1, 0.15) is 34.8 Å². The number of rotatable bonds is 9. The van der Waals surface area contributed by atoms with Gasteiger partial charge in [0, 0.05) is 36.0 Å². The van der Waals surface area contributed by atoms with Gasteiger partial charge in [-0.1, -0.05) is 18.2 Å². The number of aromatic nitrogens is 3. The molecule has 0 radical (unpaired) electrons. The smallest absolute Gasteiger partial charge is 0.161 e. The first-order valence-electron chi connectivity index (χ1n) is 10.1. The molecular weight excluding hydrogens is 408 g/mol. The second-order valence-electron chi connectivity index (χ2n) is 7.30. The summed E-state index contributed by atoms with van der Waals surface area (Å²) in [5.74, 6) is 1.45. The first kappa shape index (κ1) is 21.1. The maximum Gasteiger partial charge on any atom is 0.161 e. The summed E-state index contributed by atoms with van der Waals surface area (Å²) in [6, 6.07) is 14.7. The third-order valence-electron chi connectivity index (χ3n) is 5.08. The topological polar surface area (TPSA) is 61.2 Å². The van der Waals surface area contributed by atoms with Crippen LogP contribution >= 0.6 is 11.3 Å². The summed E-state index contributed by atoms with van der Waals surface area (Å²) < 4.78 is 13.4. The minimum atomic E-state index is 0.215. The van der Waals surface area contributed by atoms with Crippen molar-refractivity contribution in [1.82, 2.24) is 19.9 Å². The predicted octanol–water partition coefficient (Wildman–Crippen LogP) is 5.08. The summed E-state index contributed by atoms with van der Waals surface area (Å²) in [6.07, 6.45) is 5.52. The molecule has 0 fully saturated rings. The Morgan fingerprint density at radius 2 is 1.97 bits per heavy atom. The minimum Gasteiger partial charge on any atom is -0.493 e. The number of ether oxygens (including phenoxy) is 2. The Balaban J connectivity index is 1.35. The van der Waals surface area contributed by atoms with Gasteiger partial charge in [0.25, 0.3) is 0 Å². The monoisotopic (exact) mass is 434 g/mol. The van der Waals surface area contributed by atoms with Gasteiger partial charge < -0.3 is 19.4 Å². The summed E-state index contributed by atoms with van der Waals surface area (Å²) >= 11 is 1.62. The molecule has 7 heteroatoms. The Hall–Kier alpha value is -3.16. The largest absolute Gasteiger partial charge is 0.493 e. The van der Waals surface area contributed by atoms with E-state index in [2.05, 4.69) is 52.5 Å². The van der Waals surface area contributed by atoms with E-state index in [1.165, 1.54) is 5.56 Å². The first-order chi connectivity index (χ1) is 15.1. The second-order valence-corrected chi connectivity index (χ2v) is 8.36. The van der Waals surface area contributed by atoms with Crippen LogP contribution < -0.4 is 14.8 Å². The number of hydrogen-bond acceptors (Lipinski definition) is 6. The summed E-state index contributed by atoms with van der Waals surface area (Å²) in [6.45, 7) is 5.32. The molecule has 6 nitrogen and oxygen atoms in total. The Morgan fingerprint density at radius 3 is 2.65 bits per heavy atom. The zero-order valence-electron chi connectivity index (χ0n) is 17.9. The van der Waals surface area contributed by atoms with Crippen molar-refractivity contribution in [2.24, 2.45) is 0 Å². The molecule has 0 bridgehead atoms. The highest BCUT2D eigenvalue weighted by Gasteiger charge is 2.10. The molecule has 0 saturated heterocycles. The summed E-state index contributed by atoms with van der Waals surface area (Å²) in [7, 11) is 1.66. The molecule has 0 aliphatic carbocycles. The van der Waals surface area contributed by atoms with Gasteiger partial charge in [-0.15, -0.1) is 11.3 Å². The Kier molecular flexibility index (Phi) is 6.64. The van der Waals surface area contributed by atoms with Gasteiger partial charge in [0.05, 0.1) is 24.1 Å². The number of nitrogens with zero attached hydrogens (tertiary/aromatic N) is 3. The highest BCUT2D eigenvalue weighted by atomic mass is 32.1. The fourth-order valence-electron chi connectivity index (χ4n) is 3.30. The van der Waals surface area contributed by atoms with Crippen LogP contribution in [0.25, 0.3) is 5.69 Å². The minimum absolute atomic E-state index is 0.215. The van der Waals surface area contributed by atoms with E-state index in [9.17, 15) is 0 Å². The molecule has 0 aliphatic rings. The van der Waals surface area contributed by atoms with Crippen LogP contribution in [0.2, 0.25) is 0 Å². The standard InChI is InChI=1S/C24H26N4O2S/c1-17(20-5-7-22(8-6-20)28-11-10-25-16-28)26-13-19-4-9-23(24(12-19)29-3)30-14-21-15-31-18(2)27-21/h4-12,15-17,26H,13-14H2,1-3H3/t17-/m0/s1. The Morgan fingerprint density at radius 1 is 1.13 bits per heavy atom. The normalized spacial score (nSPS) is 12.0. The lowest BCUT2D eigenvalue weighted by atomic mass is 10.1. The Bertz CT molecular complexity index is 1110. The second kappa shape index (κ2) is 9.76. The highest BCUT2D eigenvalue weighted by Crippen LogP contribution is 2.29. The van der Waals surface area contributed by atoms with Gasteiger partial charge in [-0.2, -0.15) is 0 Å². The molecule has 2 aromatic carbocycles. The van der Waals surface area contributed by atoms with Crippen molar-refractivity contribution in [3.8, 4) is 17.2 Å². The SMILES string of the molecule is COc1cc(CN[C@@H](C)c2ccc(-n3ccnc3)cc2)ccc1OCc1csc(C)n1. The summed E-state index contributed by atoms with van der Waals surface area (Å²) in [4.78, 5) is 8.53. The molecule has 160 valence electrons. The lowest BCUT2D eigenvalue weighted by Gasteiger charge is -2.16. The van der Waals surface area contributed by atoms with Gasteiger partial charge in [0.15, 0.2) is 11.5 Å². The van der Waals surface area contributed by atoms with E-state index in [1.54, 1.807) is 31.0 Å². The fraction of sp³-hybridized carbons (Fsp3) is 0.250. The van der Waals surface area contributed by atoms with E-state index in [-0.39, 0.29) is 6.04 Å². The van der Waals surface area contributed by atoms with E-state index in [0.717, 1.165) is 40.0 Å². The van der Waals surface area contributed by atoms with Gasteiger partial charge in [-0.25, -0.2) is 9.97 Å². The number of aryl methyl sites for hydroxylation is 1. The number of imidazole rings is 1. The van der Waals surface area contributed by atoms with Crippen molar-refractivity contribution in [3.63, 3.8) is 0 Å². The van der Waals surface area contributed by atoms with Gasteiger partial charge in [-0.05, 0) is 49.2 Å². The molecule has 0 aliphatic heterocycles. The maximum absolute atomic E-state index is 5.91. The predicted molar refractivity (Wildman–Crippen MR) is 123 cm³/mol. The average molecular weight is 435 g/mol. The third kappa shape index (κ3) is 5.31. The molecule has 0 amide bonds. The molecule has 4 aromatic rings. The number of methoxy groups -OCH3 is 1. The molecule has 1 atom stereocenters. The molecule has 2 aromatic heterocycles. The highest BCUT2D eigenvalue weighted by molar-refractivity contribution is 7.09. The van der Waals surface area contributed by atoms with Crippen molar-refractivity contribution in [2.45, 2.75) is 33.0 Å². The van der Waals surface area contributed by atoms with E-state index < -0.39 is 0 Å². The molecule has 4 rings (SSSR count). The van der Waals surface area contributed by atoms with Crippen molar-refractivity contribution in [2.75, 3.05) is 7.11 Å². The zero-order chi connectivity index (χ0) is 21.6. The molecule has 0 unspecified atom stereocenters. The van der Waals surface area contributed by atoms with Gasteiger partial charge in [0.1, 0.15) is 6.61 Å². The van der Waals surface area contributed by atoms with Crippen LogP contribution in [0, 0.1) is 6.92 Å². The number of benzene rings is 2.